The number of alkyl halides is 1. The highest BCUT2D eigenvalue weighted by Gasteiger charge is 2.48. The Bertz CT molecular complexity index is 340. The number of hydrogen-bond donors (Lipinski definition) is 0. The third-order valence-electron chi connectivity index (χ3n) is 4.36. The summed E-state index contributed by atoms with van der Waals surface area (Å²) in [6.45, 7) is 7.70. The van der Waals surface area contributed by atoms with Crippen LogP contribution in [0.15, 0.2) is 0 Å². The summed E-state index contributed by atoms with van der Waals surface area (Å²) in [6.07, 6.45) is 2.96. The van der Waals surface area contributed by atoms with Crippen LogP contribution in [0.5, 0.6) is 0 Å². The molecule has 0 aromatic heterocycles. The van der Waals surface area contributed by atoms with Crippen LogP contribution in [0.3, 0.4) is 0 Å². The van der Waals surface area contributed by atoms with E-state index in [1.54, 1.807) is 0 Å². The van der Waals surface area contributed by atoms with Crippen LogP contribution in [0.4, 0.5) is 0 Å². The lowest BCUT2D eigenvalue weighted by atomic mass is 9.85. The van der Waals surface area contributed by atoms with Gasteiger partial charge in [-0.3, -0.25) is 0 Å². The molecule has 18 heavy (non-hydrogen) atoms. The van der Waals surface area contributed by atoms with Gasteiger partial charge >= 0.3 is 0 Å². The van der Waals surface area contributed by atoms with Crippen molar-refractivity contribution in [1.82, 2.24) is 0 Å². The summed E-state index contributed by atoms with van der Waals surface area (Å²) < 4.78 is 11.6. The highest BCUT2D eigenvalue weighted by molar-refractivity contribution is 6.22. The van der Waals surface area contributed by atoms with Gasteiger partial charge in [0.2, 0.25) is 0 Å². The van der Waals surface area contributed by atoms with Crippen LogP contribution in [0, 0.1) is 28.6 Å². The van der Waals surface area contributed by atoms with E-state index in [0.717, 1.165) is 32.5 Å². The fourth-order valence-electron chi connectivity index (χ4n) is 3.30. The largest absolute Gasteiger partial charge is 0.350 e. The highest BCUT2D eigenvalue weighted by atomic mass is 35.5. The Hall–Kier alpha value is -0.300. The standard InChI is InChI=1S/C14H22ClNO2/c1-10-5-14(6-11(10)4-12(15)7-16)8-17-13(2,3)18-9-14/h10-12H,4-6,8-9H2,1-3H3/t10-,11-,12?/m0/s1. The minimum atomic E-state index is -0.450. The van der Waals surface area contributed by atoms with Gasteiger partial charge in [-0.25, -0.2) is 0 Å². The summed E-state index contributed by atoms with van der Waals surface area (Å²) in [4.78, 5) is 0. The molecule has 1 unspecified atom stereocenters. The Morgan fingerprint density at radius 2 is 1.94 bits per heavy atom. The molecule has 0 aromatic carbocycles. The normalized spacial score (nSPS) is 35.3. The smallest absolute Gasteiger partial charge is 0.162 e. The van der Waals surface area contributed by atoms with E-state index in [-0.39, 0.29) is 10.8 Å². The SMILES string of the molecule is C[C@H]1CC2(COC(C)(C)OC2)C[C@@H]1CC(Cl)C#N. The molecule has 1 aliphatic heterocycles. The summed E-state index contributed by atoms with van der Waals surface area (Å²) in [6, 6.07) is 2.12. The van der Waals surface area contributed by atoms with Gasteiger partial charge in [-0.2, -0.15) is 5.26 Å². The summed E-state index contributed by atoms with van der Waals surface area (Å²) in [5.41, 5.74) is 0.145. The van der Waals surface area contributed by atoms with Crippen LogP contribution in [-0.2, 0) is 9.47 Å². The van der Waals surface area contributed by atoms with Crippen molar-refractivity contribution in [1.29, 1.82) is 5.26 Å². The van der Waals surface area contributed by atoms with Crippen LogP contribution in [0.25, 0.3) is 0 Å². The highest BCUT2D eigenvalue weighted by Crippen LogP contribution is 2.50. The number of hydrogen-bond acceptors (Lipinski definition) is 3. The Morgan fingerprint density at radius 3 is 2.50 bits per heavy atom. The molecular weight excluding hydrogens is 250 g/mol. The second kappa shape index (κ2) is 5.00. The zero-order valence-electron chi connectivity index (χ0n) is 11.4. The Kier molecular flexibility index (Phi) is 3.92. The number of nitrogens with zero attached hydrogens (tertiary/aromatic N) is 1. The van der Waals surface area contributed by atoms with Gasteiger partial charge in [-0.1, -0.05) is 6.92 Å². The topological polar surface area (TPSA) is 42.2 Å². The molecule has 0 bridgehead atoms. The molecule has 2 aliphatic rings. The van der Waals surface area contributed by atoms with Gasteiger partial charge < -0.3 is 9.47 Å². The maximum atomic E-state index is 8.82. The first-order valence-electron chi connectivity index (χ1n) is 6.67. The lowest BCUT2D eigenvalue weighted by molar-refractivity contribution is -0.285. The van der Waals surface area contributed by atoms with Crippen LogP contribution >= 0.6 is 11.6 Å². The average Bonchev–Trinajstić information content (AvgIpc) is 2.61. The van der Waals surface area contributed by atoms with Crippen molar-refractivity contribution < 1.29 is 9.47 Å². The second-order valence-electron chi connectivity index (χ2n) is 6.46. The Labute approximate surface area is 114 Å². The number of rotatable bonds is 2. The third-order valence-corrected chi connectivity index (χ3v) is 4.63. The van der Waals surface area contributed by atoms with Gasteiger partial charge in [0.15, 0.2) is 5.79 Å². The lowest BCUT2D eigenvalue weighted by Crippen LogP contribution is -2.45. The average molecular weight is 272 g/mol. The molecule has 1 saturated heterocycles. The van der Waals surface area contributed by atoms with Gasteiger partial charge in [0, 0.05) is 5.41 Å². The van der Waals surface area contributed by atoms with E-state index in [2.05, 4.69) is 13.0 Å². The molecule has 4 heteroatoms. The van der Waals surface area contributed by atoms with E-state index < -0.39 is 5.79 Å². The Balaban J connectivity index is 1.96. The maximum absolute atomic E-state index is 8.82. The van der Waals surface area contributed by atoms with Crippen LogP contribution in [0.2, 0.25) is 0 Å². The van der Waals surface area contributed by atoms with Crippen molar-refractivity contribution in [3.05, 3.63) is 0 Å². The molecule has 2 fully saturated rings. The summed E-state index contributed by atoms with van der Waals surface area (Å²) in [5.74, 6) is 0.655. The maximum Gasteiger partial charge on any atom is 0.162 e. The molecule has 1 aliphatic carbocycles. The van der Waals surface area contributed by atoms with Gasteiger partial charge in [-0.05, 0) is 44.9 Å². The second-order valence-corrected chi connectivity index (χ2v) is 6.98. The van der Waals surface area contributed by atoms with Crippen molar-refractivity contribution in [2.45, 2.75) is 51.2 Å². The molecule has 3 atom stereocenters. The molecule has 0 aromatic rings. The van der Waals surface area contributed by atoms with Crippen molar-refractivity contribution >= 4 is 11.6 Å². The first-order chi connectivity index (χ1) is 8.36. The number of ether oxygens (including phenoxy) is 2. The fraction of sp³-hybridized carbons (Fsp3) is 0.929. The summed E-state index contributed by atoms with van der Waals surface area (Å²) >= 11 is 5.96. The molecule has 0 radical (unpaired) electrons. The minimum Gasteiger partial charge on any atom is -0.350 e. The first kappa shape index (κ1) is 14.1. The van der Waals surface area contributed by atoms with Gasteiger partial charge in [0.25, 0.3) is 0 Å². The van der Waals surface area contributed by atoms with Crippen molar-refractivity contribution in [2.75, 3.05) is 13.2 Å². The van der Waals surface area contributed by atoms with Crippen LogP contribution in [-0.4, -0.2) is 24.4 Å². The van der Waals surface area contributed by atoms with E-state index in [1.807, 2.05) is 13.8 Å². The Morgan fingerprint density at radius 1 is 1.33 bits per heavy atom. The van der Waals surface area contributed by atoms with Crippen LogP contribution in [0.1, 0.15) is 40.0 Å². The molecule has 3 nitrogen and oxygen atoms in total. The molecule has 1 spiro atoms. The van der Waals surface area contributed by atoms with Gasteiger partial charge in [0.1, 0.15) is 5.38 Å². The molecule has 0 amide bonds. The lowest BCUT2D eigenvalue weighted by Gasteiger charge is -2.41. The van der Waals surface area contributed by atoms with Crippen molar-refractivity contribution in [3.63, 3.8) is 0 Å². The molecule has 102 valence electrons. The van der Waals surface area contributed by atoms with Crippen molar-refractivity contribution in [3.8, 4) is 6.07 Å². The zero-order valence-corrected chi connectivity index (χ0v) is 12.2. The summed E-state index contributed by atoms with van der Waals surface area (Å²) in [7, 11) is 0. The van der Waals surface area contributed by atoms with E-state index in [0.29, 0.717) is 11.8 Å². The van der Waals surface area contributed by atoms with E-state index >= 15 is 0 Å². The quantitative estimate of drug-likeness (QED) is 0.724. The fourth-order valence-corrected chi connectivity index (χ4v) is 3.53. The molecule has 0 N–H and O–H groups in total. The monoisotopic (exact) mass is 271 g/mol. The molecule has 1 heterocycles. The predicted molar refractivity (Wildman–Crippen MR) is 70.2 cm³/mol. The minimum absolute atomic E-state index is 0.145. The number of halogens is 1. The molecule has 1 saturated carbocycles. The van der Waals surface area contributed by atoms with Crippen LogP contribution < -0.4 is 0 Å². The number of nitriles is 1. The third kappa shape index (κ3) is 2.99. The zero-order chi connectivity index (χ0) is 13.4. The van der Waals surface area contributed by atoms with Gasteiger partial charge in [-0.15, -0.1) is 11.6 Å². The van der Waals surface area contributed by atoms with E-state index in [1.165, 1.54) is 0 Å². The van der Waals surface area contributed by atoms with Crippen molar-refractivity contribution in [2.24, 2.45) is 17.3 Å². The molecular formula is C14H22ClNO2. The van der Waals surface area contributed by atoms with E-state index in [4.69, 9.17) is 26.3 Å². The van der Waals surface area contributed by atoms with E-state index in [9.17, 15) is 0 Å². The summed E-state index contributed by atoms with van der Waals surface area (Å²) in [5, 5.41) is 8.45. The van der Waals surface area contributed by atoms with Gasteiger partial charge in [0.05, 0.1) is 19.3 Å². The first-order valence-corrected chi connectivity index (χ1v) is 7.11. The molecule has 2 rings (SSSR count). The predicted octanol–water partition coefficient (Wildman–Crippen LogP) is 3.32.